The highest BCUT2D eigenvalue weighted by molar-refractivity contribution is 6.09. The lowest BCUT2D eigenvalue weighted by Crippen LogP contribution is -2.29. The Morgan fingerprint density at radius 2 is 1.09 bits per heavy atom. The molecule has 10 aromatic rings. The summed E-state index contributed by atoms with van der Waals surface area (Å²) in [7, 11) is 0. The summed E-state index contributed by atoms with van der Waals surface area (Å²) in [6.45, 7) is 22.8. The highest BCUT2D eigenvalue weighted by atomic mass is 16.5. The molecule has 0 aliphatic rings. The van der Waals surface area contributed by atoms with Gasteiger partial charge in [-0.3, -0.25) is 13.7 Å². The van der Waals surface area contributed by atoms with Crippen molar-refractivity contribution in [1.82, 2.24) is 14.1 Å². The summed E-state index contributed by atoms with van der Waals surface area (Å²) >= 11 is 0. The van der Waals surface area contributed by atoms with E-state index in [0.717, 1.165) is 56.4 Å². The van der Waals surface area contributed by atoms with Crippen molar-refractivity contribution in [3.63, 3.8) is 0 Å². The third kappa shape index (κ3) is 8.67. The molecular weight excluding hydrogens is 841 g/mol. The number of aromatic nitrogens is 4. The van der Waals surface area contributed by atoms with Gasteiger partial charge in [-0.25, -0.2) is 4.98 Å². The fourth-order valence-corrected chi connectivity index (χ4v) is 9.68. The molecule has 0 bridgehead atoms. The van der Waals surface area contributed by atoms with E-state index in [1.165, 1.54) is 38.8 Å². The molecule has 5 heteroatoms. The molecule has 3 aromatic heterocycles. The van der Waals surface area contributed by atoms with E-state index in [9.17, 15) is 0 Å². The van der Waals surface area contributed by atoms with Gasteiger partial charge in [0.1, 0.15) is 17.3 Å². The lowest BCUT2D eigenvalue weighted by molar-refractivity contribution is -0.599. The number of benzene rings is 7. The van der Waals surface area contributed by atoms with E-state index in [4.69, 9.17) is 9.72 Å². The molecule has 0 saturated carbocycles. The molecular formula is C64H62N4O. The van der Waals surface area contributed by atoms with Gasteiger partial charge >= 0.3 is 0 Å². The largest absolute Gasteiger partial charge is 0.458 e. The van der Waals surface area contributed by atoms with Crippen molar-refractivity contribution >= 4 is 21.8 Å². The molecule has 5 nitrogen and oxygen atoms in total. The summed E-state index contributed by atoms with van der Waals surface area (Å²) in [6, 6.07) is 65.3. The van der Waals surface area contributed by atoms with Crippen LogP contribution >= 0.6 is 0 Å². The highest BCUT2D eigenvalue weighted by Gasteiger charge is 2.31. The average molecular weight is 903 g/mol. The lowest BCUT2D eigenvalue weighted by atomic mass is 9.78. The number of rotatable bonds is 10. The standard InChI is InChI=1S/C64H62N4O/c1-61(2,3)48-32-33-65-60(39-48)68-57-29-21-20-28-55(57)56-31-30-53(41-58(56)68)69-54-38-50(63(7,8)46-24-16-12-17-25-46)37-52(40-54)67-43-66(42-59(67)64(9,10)47-26-18-13-19-27-47)51-35-45(44-22-14-11-15-23-44)34-49(36-51)62(4,5)6/h11-42H,1-10H3. The van der Waals surface area contributed by atoms with Crippen LogP contribution in [0.3, 0.4) is 0 Å². The molecule has 0 unspecified atom stereocenters. The molecule has 69 heavy (non-hydrogen) atoms. The Balaban J connectivity index is 1.18. The SMILES string of the molecule is CC(C)(C)c1cc(-c2ccccc2)cc(-[n+]2[c-]n(-c3cc(Oc4ccc5c6ccccc6n(-c6cc(C(C)(C)C)ccn6)c5c4)cc(C(C)(C)c4ccccc4)c3)c(C(C)(C)c3ccccc3)c2)c1. The Kier molecular flexibility index (Phi) is 11.3. The zero-order chi connectivity index (χ0) is 48.3. The van der Waals surface area contributed by atoms with Crippen molar-refractivity contribution in [2.75, 3.05) is 0 Å². The molecule has 0 aliphatic heterocycles. The predicted octanol–water partition coefficient (Wildman–Crippen LogP) is 15.8. The smallest absolute Gasteiger partial charge is 0.269 e. The van der Waals surface area contributed by atoms with E-state index in [0.29, 0.717) is 0 Å². The Hall–Kier alpha value is -7.50. The first-order valence-corrected chi connectivity index (χ1v) is 24.2. The molecule has 344 valence electrons. The lowest BCUT2D eigenvalue weighted by Gasteiger charge is -2.29. The van der Waals surface area contributed by atoms with Crippen molar-refractivity contribution in [1.29, 1.82) is 0 Å². The van der Waals surface area contributed by atoms with Crippen molar-refractivity contribution in [3.8, 4) is 39.8 Å². The van der Waals surface area contributed by atoms with Crippen LogP contribution in [0.1, 0.15) is 103 Å². The average Bonchev–Trinajstić information content (AvgIpc) is 3.95. The summed E-state index contributed by atoms with van der Waals surface area (Å²) in [5.74, 6) is 2.36. The topological polar surface area (TPSA) is 35.9 Å². The number of hydrogen-bond donors (Lipinski definition) is 0. The molecule has 0 aliphatic carbocycles. The fraction of sp³-hybridized carbons (Fsp3) is 0.219. The van der Waals surface area contributed by atoms with E-state index in [-0.39, 0.29) is 16.2 Å². The van der Waals surface area contributed by atoms with Crippen LogP contribution < -0.4 is 9.30 Å². The summed E-state index contributed by atoms with van der Waals surface area (Å²) in [6.07, 6.45) is 8.10. The van der Waals surface area contributed by atoms with Gasteiger partial charge in [0.25, 0.3) is 6.33 Å². The van der Waals surface area contributed by atoms with Gasteiger partial charge in [0, 0.05) is 40.1 Å². The number of nitrogens with zero attached hydrogens (tertiary/aromatic N) is 4. The number of hydrogen-bond acceptors (Lipinski definition) is 2. The molecule has 0 amide bonds. The summed E-state index contributed by atoms with van der Waals surface area (Å²) in [5, 5.41) is 2.32. The van der Waals surface area contributed by atoms with E-state index in [2.05, 4.69) is 277 Å². The van der Waals surface area contributed by atoms with Crippen molar-refractivity contribution in [2.45, 2.75) is 90.9 Å². The van der Waals surface area contributed by atoms with Gasteiger partial charge in [-0.15, -0.1) is 0 Å². The van der Waals surface area contributed by atoms with Crippen LogP contribution in [0.5, 0.6) is 11.5 Å². The highest BCUT2D eigenvalue weighted by Crippen LogP contribution is 2.41. The molecule has 0 atom stereocenters. The molecule has 0 saturated heterocycles. The molecule has 0 N–H and O–H groups in total. The van der Waals surface area contributed by atoms with Crippen LogP contribution in [0, 0.1) is 6.33 Å². The Bertz CT molecular complexity index is 3470. The molecule has 0 spiro atoms. The first-order chi connectivity index (χ1) is 32.9. The molecule has 10 rings (SSSR count). The van der Waals surface area contributed by atoms with Crippen LogP contribution in [-0.4, -0.2) is 14.1 Å². The first kappa shape index (κ1) is 45.3. The second-order valence-corrected chi connectivity index (χ2v) is 21.7. The van der Waals surface area contributed by atoms with Gasteiger partial charge in [-0.2, -0.15) is 0 Å². The zero-order valence-corrected chi connectivity index (χ0v) is 41.7. The van der Waals surface area contributed by atoms with E-state index < -0.39 is 5.41 Å². The van der Waals surface area contributed by atoms with Gasteiger partial charge in [-0.05, 0) is 110 Å². The monoisotopic (exact) mass is 902 g/mol. The van der Waals surface area contributed by atoms with Crippen LogP contribution in [0.2, 0.25) is 0 Å². The van der Waals surface area contributed by atoms with Crippen LogP contribution in [0.4, 0.5) is 0 Å². The zero-order valence-electron chi connectivity index (χ0n) is 41.7. The van der Waals surface area contributed by atoms with Crippen molar-refractivity contribution in [2.24, 2.45) is 0 Å². The van der Waals surface area contributed by atoms with E-state index in [1.54, 1.807) is 0 Å². The second kappa shape index (κ2) is 17.2. The van der Waals surface area contributed by atoms with Crippen LogP contribution in [0.15, 0.2) is 194 Å². The Morgan fingerprint density at radius 1 is 0.464 bits per heavy atom. The number of pyridine rings is 1. The number of ether oxygens (including phenoxy) is 1. The first-order valence-electron chi connectivity index (χ1n) is 24.2. The molecule has 0 fully saturated rings. The summed E-state index contributed by atoms with van der Waals surface area (Å²) in [5.41, 5.74) is 12.7. The van der Waals surface area contributed by atoms with Gasteiger partial charge in [0.2, 0.25) is 0 Å². The number of imidazole rings is 1. The predicted molar refractivity (Wildman–Crippen MR) is 285 cm³/mol. The molecule has 3 heterocycles. The van der Waals surface area contributed by atoms with E-state index >= 15 is 0 Å². The number of para-hydroxylation sites is 1. The summed E-state index contributed by atoms with van der Waals surface area (Å²) < 4.78 is 13.9. The van der Waals surface area contributed by atoms with Gasteiger partial charge in [0.15, 0.2) is 0 Å². The van der Waals surface area contributed by atoms with Gasteiger partial charge in [-0.1, -0.05) is 184 Å². The minimum atomic E-state index is -0.421. The van der Waals surface area contributed by atoms with Crippen molar-refractivity contribution in [3.05, 3.63) is 234 Å². The third-order valence-electron chi connectivity index (χ3n) is 14.1. The third-order valence-corrected chi connectivity index (χ3v) is 14.1. The number of fused-ring (bicyclic) bond motifs is 3. The quantitative estimate of drug-likeness (QED) is 0.101. The van der Waals surface area contributed by atoms with Gasteiger partial charge < -0.3 is 4.74 Å². The van der Waals surface area contributed by atoms with Crippen LogP contribution in [0.25, 0.3) is 50.1 Å². The Morgan fingerprint density at radius 3 is 1.77 bits per heavy atom. The maximum Gasteiger partial charge on any atom is 0.269 e. The fourth-order valence-electron chi connectivity index (χ4n) is 9.68. The molecule has 0 radical (unpaired) electrons. The van der Waals surface area contributed by atoms with Gasteiger partial charge in [0.05, 0.1) is 28.1 Å². The van der Waals surface area contributed by atoms with E-state index in [1.807, 2.05) is 6.20 Å². The Labute approximate surface area is 408 Å². The normalized spacial score (nSPS) is 12.5. The minimum absolute atomic E-state index is 0.0326. The van der Waals surface area contributed by atoms with Crippen molar-refractivity contribution < 1.29 is 9.30 Å². The van der Waals surface area contributed by atoms with Crippen LogP contribution in [-0.2, 0) is 21.7 Å². The maximum atomic E-state index is 7.14. The maximum absolute atomic E-state index is 7.14. The minimum Gasteiger partial charge on any atom is -0.458 e. The molecule has 7 aromatic carbocycles. The summed E-state index contributed by atoms with van der Waals surface area (Å²) in [4.78, 5) is 4.95. The second-order valence-electron chi connectivity index (χ2n) is 21.7.